The van der Waals surface area contributed by atoms with E-state index < -0.39 is 17.8 Å². The van der Waals surface area contributed by atoms with E-state index in [0.29, 0.717) is 10.8 Å². The van der Waals surface area contributed by atoms with Crippen molar-refractivity contribution in [3.63, 3.8) is 0 Å². The highest BCUT2D eigenvalue weighted by Crippen LogP contribution is 2.19. The van der Waals surface area contributed by atoms with Gasteiger partial charge in [0.15, 0.2) is 5.11 Å². The van der Waals surface area contributed by atoms with Gasteiger partial charge in [-0.3, -0.25) is 9.59 Å². The van der Waals surface area contributed by atoms with Gasteiger partial charge >= 0.3 is 5.97 Å². The normalized spacial score (nSPS) is 14.0. The van der Waals surface area contributed by atoms with Gasteiger partial charge in [-0.15, -0.1) is 5.06 Å². The summed E-state index contributed by atoms with van der Waals surface area (Å²) in [5.41, 5.74) is 2.67. The van der Waals surface area contributed by atoms with Crippen molar-refractivity contribution < 1.29 is 19.2 Å². The summed E-state index contributed by atoms with van der Waals surface area (Å²) in [5, 5.41) is 3.28. The quantitative estimate of drug-likeness (QED) is 0.311. The number of carbonyl (C=O) groups excluding carboxylic acids is 3. The molecule has 0 aliphatic carbocycles. The lowest BCUT2D eigenvalue weighted by Crippen LogP contribution is -2.35. The molecule has 4 N–H and O–H groups in total. The van der Waals surface area contributed by atoms with Gasteiger partial charge in [-0.25, -0.2) is 10.6 Å². The molecule has 1 heterocycles. The Hall–Kier alpha value is -2.52. The molecule has 1 aliphatic heterocycles. The van der Waals surface area contributed by atoms with Gasteiger partial charge in [0.2, 0.25) is 0 Å². The molecule has 2 amide bonds. The van der Waals surface area contributed by atoms with E-state index in [0.717, 1.165) is 0 Å². The van der Waals surface area contributed by atoms with Crippen molar-refractivity contribution in [2.45, 2.75) is 12.8 Å². The number of thiocarbonyl (C=S) groups is 1. The Morgan fingerprint density at radius 2 is 1.86 bits per heavy atom. The Labute approximate surface area is 125 Å². The van der Waals surface area contributed by atoms with Gasteiger partial charge in [-0.05, 0) is 24.4 Å². The van der Waals surface area contributed by atoms with Crippen molar-refractivity contribution in [3.05, 3.63) is 29.8 Å². The molecule has 110 valence electrons. The molecule has 2 rings (SSSR count). The van der Waals surface area contributed by atoms with Crippen LogP contribution in [0.25, 0.3) is 0 Å². The van der Waals surface area contributed by atoms with E-state index in [4.69, 9.17) is 22.9 Å². The van der Waals surface area contributed by atoms with Crippen molar-refractivity contribution >= 4 is 40.8 Å². The average Bonchev–Trinajstić information content (AvgIpc) is 2.79. The zero-order chi connectivity index (χ0) is 15.4. The van der Waals surface area contributed by atoms with Gasteiger partial charge in [-0.2, -0.15) is 0 Å². The number of amides is 2. The van der Waals surface area contributed by atoms with Crippen LogP contribution in [0.3, 0.4) is 0 Å². The van der Waals surface area contributed by atoms with Crippen LogP contribution >= 0.6 is 12.2 Å². The number of hydrogen-bond donors (Lipinski definition) is 3. The van der Waals surface area contributed by atoms with Crippen molar-refractivity contribution in [3.8, 4) is 0 Å². The fraction of sp³-hybridized carbons (Fsp3) is 0.167. The van der Waals surface area contributed by atoms with Gasteiger partial charge in [0.25, 0.3) is 11.8 Å². The summed E-state index contributed by atoms with van der Waals surface area (Å²) in [6, 6.07) is 6.32. The van der Waals surface area contributed by atoms with E-state index in [9.17, 15) is 14.4 Å². The number of hydrogen-bond acceptors (Lipinski definition) is 6. The summed E-state index contributed by atoms with van der Waals surface area (Å²) in [5.74, 6) is 3.21. The Kier molecular flexibility index (Phi) is 4.45. The van der Waals surface area contributed by atoms with Crippen LogP contribution in [-0.2, 0) is 14.4 Å². The Morgan fingerprint density at radius 1 is 1.24 bits per heavy atom. The number of hydroxylamine groups is 2. The molecule has 0 atom stereocenters. The third kappa shape index (κ3) is 3.33. The molecule has 0 saturated carbocycles. The molecule has 8 nitrogen and oxygen atoms in total. The molecule has 9 heteroatoms. The summed E-state index contributed by atoms with van der Waals surface area (Å²) >= 11 is 4.85. The first-order valence-electron chi connectivity index (χ1n) is 5.97. The summed E-state index contributed by atoms with van der Waals surface area (Å²) in [6.45, 7) is 0. The molecule has 0 bridgehead atoms. The Bertz CT molecular complexity index is 603. The number of hydrazine groups is 1. The third-order valence-electron chi connectivity index (χ3n) is 2.71. The number of benzene rings is 1. The molecular formula is C12H12N4O4S. The van der Waals surface area contributed by atoms with Crippen molar-refractivity contribution in [2.24, 2.45) is 5.84 Å². The number of nitrogens with zero attached hydrogens (tertiary/aromatic N) is 1. The molecule has 0 unspecified atom stereocenters. The molecule has 0 radical (unpaired) electrons. The zero-order valence-corrected chi connectivity index (χ0v) is 11.6. The molecule has 0 spiro atoms. The predicted octanol–water partition coefficient (Wildman–Crippen LogP) is 0.0675. The van der Waals surface area contributed by atoms with Crippen LogP contribution in [-0.4, -0.2) is 28.0 Å². The fourth-order valence-electron chi connectivity index (χ4n) is 1.72. The van der Waals surface area contributed by atoms with E-state index in [1.807, 2.05) is 0 Å². The standard InChI is InChI=1S/C12H12N4O4S/c13-15-12(21)14-8-4-2-1-3-7(8)11(19)20-16-9(17)5-6-10(16)18/h1-4H,5-6,13H2,(H2,14,15,21). The molecule has 1 aliphatic rings. The first-order chi connectivity index (χ1) is 10.0. The fourth-order valence-corrected chi connectivity index (χ4v) is 1.83. The van der Waals surface area contributed by atoms with Crippen LogP contribution in [0.2, 0.25) is 0 Å². The maximum absolute atomic E-state index is 12.1. The topological polar surface area (TPSA) is 114 Å². The second-order valence-electron chi connectivity index (χ2n) is 4.10. The molecule has 0 aromatic heterocycles. The molecule has 1 aromatic rings. The molecule has 1 aromatic carbocycles. The molecule has 1 fully saturated rings. The van der Waals surface area contributed by atoms with Crippen LogP contribution in [0, 0.1) is 0 Å². The highest BCUT2D eigenvalue weighted by atomic mass is 32.1. The van der Waals surface area contributed by atoms with Gasteiger partial charge < -0.3 is 15.6 Å². The van der Waals surface area contributed by atoms with Crippen LogP contribution in [0.1, 0.15) is 23.2 Å². The number of rotatable bonds is 3. The minimum Gasteiger partial charge on any atom is -0.331 e. The summed E-state index contributed by atoms with van der Waals surface area (Å²) < 4.78 is 0. The van der Waals surface area contributed by atoms with Crippen molar-refractivity contribution in [2.75, 3.05) is 5.32 Å². The smallest absolute Gasteiger partial charge is 0.331 e. The Morgan fingerprint density at radius 3 is 2.48 bits per heavy atom. The number of nitrogens with two attached hydrogens (primary N) is 1. The number of para-hydroxylation sites is 1. The number of nitrogens with one attached hydrogen (secondary N) is 2. The van der Waals surface area contributed by atoms with Gasteiger partial charge in [-0.1, -0.05) is 12.1 Å². The Balaban J connectivity index is 2.17. The zero-order valence-electron chi connectivity index (χ0n) is 10.8. The SMILES string of the molecule is NNC(=S)Nc1ccccc1C(=O)ON1C(=O)CCC1=O. The van der Waals surface area contributed by atoms with E-state index in [-0.39, 0.29) is 23.5 Å². The summed E-state index contributed by atoms with van der Waals surface area (Å²) in [7, 11) is 0. The molecule has 1 saturated heterocycles. The van der Waals surface area contributed by atoms with Crippen molar-refractivity contribution in [1.29, 1.82) is 0 Å². The lowest BCUT2D eigenvalue weighted by atomic mass is 10.2. The first-order valence-corrected chi connectivity index (χ1v) is 6.38. The minimum absolute atomic E-state index is 0.0349. The number of carbonyl (C=O) groups is 3. The van der Waals surface area contributed by atoms with Gasteiger partial charge in [0.1, 0.15) is 0 Å². The summed E-state index contributed by atoms with van der Waals surface area (Å²) in [4.78, 5) is 39.8. The van der Waals surface area contributed by atoms with Gasteiger partial charge in [0.05, 0.1) is 11.3 Å². The number of anilines is 1. The monoisotopic (exact) mass is 308 g/mol. The van der Waals surface area contributed by atoms with Crippen LogP contribution < -0.4 is 16.6 Å². The maximum Gasteiger partial charge on any atom is 0.366 e. The highest BCUT2D eigenvalue weighted by Gasteiger charge is 2.33. The van der Waals surface area contributed by atoms with Gasteiger partial charge in [0, 0.05) is 12.8 Å². The van der Waals surface area contributed by atoms with E-state index in [2.05, 4.69) is 10.7 Å². The molecule has 21 heavy (non-hydrogen) atoms. The maximum atomic E-state index is 12.1. The van der Waals surface area contributed by atoms with Crippen LogP contribution in [0.4, 0.5) is 5.69 Å². The number of imide groups is 1. The first kappa shape index (κ1) is 14.9. The third-order valence-corrected chi connectivity index (χ3v) is 2.93. The lowest BCUT2D eigenvalue weighted by molar-refractivity contribution is -0.172. The average molecular weight is 308 g/mol. The van der Waals surface area contributed by atoms with Crippen LogP contribution in [0.15, 0.2) is 24.3 Å². The molecular weight excluding hydrogens is 296 g/mol. The predicted molar refractivity (Wildman–Crippen MR) is 76.5 cm³/mol. The minimum atomic E-state index is -0.846. The summed E-state index contributed by atoms with van der Waals surface area (Å²) in [6.07, 6.45) is 0.0698. The largest absolute Gasteiger partial charge is 0.366 e. The van der Waals surface area contributed by atoms with Crippen LogP contribution in [0.5, 0.6) is 0 Å². The van der Waals surface area contributed by atoms with E-state index in [1.165, 1.54) is 6.07 Å². The van der Waals surface area contributed by atoms with Crippen molar-refractivity contribution in [1.82, 2.24) is 10.5 Å². The van der Waals surface area contributed by atoms with E-state index in [1.54, 1.807) is 18.2 Å². The lowest BCUT2D eigenvalue weighted by Gasteiger charge is -2.15. The van der Waals surface area contributed by atoms with E-state index >= 15 is 0 Å². The second kappa shape index (κ2) is 6.29. The highest BCUT2D eigenvalue weighted by molar-refractivity contribution is 7.80. The second-order valence-corrected chi connectivity index (χ2v) is 4.51.